The molecule has 6 aliphatic rings. The van der Waals surface area contributed by atoms with Gasteiger partial charge in [0.25, 0.3) is 0 Å². The monoisotopic (exact) mass is 1270 g/mol. The molecule has 22 nitrogen and oxygen atoms in total. The minimum atomic E-state index is -5.08. The largest absolute Gasteiger partial charge is 0.490 e. The van der Waals surface area contributed by atoms with Crippen molar-refractivity contribution in [1.29, 1.82) is 0 Å². The summed E-state index contributed by atoms with van der Waals surface area (Å²) < 4.78 is 75.2. The van der Waals surface area contributed by atoms with Crippen molar-refractivity contribution in [1.82, 2.24) is 41.7 Å². The van der Waals surface area contributed by atoms with E-state index in [2.05, 4.69) is 31.9 Å². The summed E-state index contributed by atoms with van der Waals surface area (Å²) in [4.78, 5) is 107. The molecule has 2 aromatic carbocycles. The molecule has 8 N–H and O–H groups in total. The highest BCUT2D eigenvalue weighted by Crippen LogP contribution is 2.31. The molecule has 8 rings (SSSR count). The van der Waals surface area contributed by atoms with Crippen molar-refractivity contribution >= 4 is 53.8 Å². The quantitative estimate of drug-likeness (QED) is 0.0581. The minimum absolute atomic E-state index is 0. The third-order valence-electron chi connectivity index (χ3n) is 13.7. The number of nitrogens with one attached hydrogen (secondary N) is 6. The third kappa shape index (κ3) is 31.6. The lowest BCUT2D eigenvalue weighted by Crippen LogP contribution is -2.44. The summed E-state index contributed by atoms with van der Waals surface area (Å²) in [5.41, 5.74) is -1.06. The Bertz CT molecular complexity index is 2680. The van der Waals surface area contributed by atoms with Gasteiger partial charge in [0.15, 0.2) is 0 Å². The summed E-state index contributed by atoms with van der Waals surface area (Å²) in [6.45, 7) is 20.2. The molecule has 3 saturated heterocycles. The molecule has 0 spiro atoms. The molecule has 6 fully saturated rings. The highest BCUT2D eigenvalue weighted by atomic mass is 19.4. The van der Waals surface area contributed by atoms with Gasteiger partial charge in [0, 0.05) is 87.1 Å². The second-order valence-corrected chi connectivity index (χ2v) is 25.7. The zero-order valence-corrected chi connectivity index (χ0v) is 51.8. The number of carboxylic acids is 2. The number of likely N-dealkylation sites (tertiary alicyclic amines) is 2. The lowest BCUT2D eigenvalue weighted by Gasteiger charge is -2.25. The van der Waals surface area contributed by atoms with Crippen LogP contribution in [-0.4, -0.2) is 166 Å². The zero-order valence-electron chi connectivity index (χ0n) is 51.8. The van der Waals surface area contributed by atoms with Gasteiger partial charge in [-0.1, -0.05) is 43.8 Å². The molecule has 500 valence electrons. The molecule has 2 aromatic rings. The Labute approximate surface area is 518 Å². The fourth-order valence-corrected chi connectivity index (χ4v) is 8.95. The number of nitrogens with zero attached hydrogens (tertiary/aromatic N) is 2. The molecule has 27 heteroatoms. The number of ether oxygens (including phenoxy) is 3. The van der Waals surface area contributed by atoms with Crippen molar-refractivity contribution in [2.75, 3.05) is 39.3 Å². The van der Waals surface area contributed by atoms with E-state index in [0.717, 1.165) is 64.5 Å². The lowest BCUT2D eigenvalue weighted by molar-refractivity contribution is -0.192. The van der Waals surface area contributed by atoms with Crippen LogP contribution in [-0.2, 0) is 55.8 Å². The van der Waals surface area contributed by atoms with Crippen LogP contribution >= 0.6 is 0 Å². The van der Waals surface area contributed by atoms with E-state index in [1.807, 2.05) is 20.8 Å². The predicted octanol–water partition coefficient (Wildman–Crippen LogP) is 8.18. The molecule has 7 amide bonds. The standard InChI is InChI=1S/C23H32FN3O4.C15H20FNO4.C13H22N2O3.C8H14N2O.C2HF3O2.CH4/c1-23(2,3)31-22(30)26-18(12-16-6-4-5-7-19(16)24)13-20(28)27-11-10-17(14-27)25-21(29)15-8-9-15;1-15(2,3)21-14(20)17-11(9-13(18)19)8-10-6-4-5-7-12(10)16;1-13(2,3)18-12(17)15-7-6-10(8-15)14-11(16)9-4-5-9;11-8(6-1-2-6)10-7-3-4-9-5-7;3-2(4,5)1(6)7;/h4-7,15,17-18H,8-14H2,1-3H3,(H,25,29)(H,26,30);4-7,11H,8-9H2,1-3H3,(H,17,20)(H,18,19);9-10H,4-8H2,1-3H3,(H,14,16);6-7,9H,1-5H2,(H,10,11);(H,6,7);1H4/t17-,18+;11-;10-;7-;;/m0100../s1. The van der Waals surface area contributed by atoms with Gasteiger partial charge in [-0.15, -0.1) is 0 Å². The van der Waals surface area contributed by atoms with Crippen molar-refractivity contribution < 1.29 is 89.5 Å². The molecular weight excluding hydrogens is 1180 g/mol. The Morgan fingerprint density at radius 1 is 0.551 bits per heavy atom. The SMILES string of the molecule is C.CC(C)(C)OC(=O)N1CC[C@H](NC(=O)C2CC2)C1.CC(C)(C)OC(=O)N[C@@H](CC(=O)N1CC[C@H](NC(=O)C2CC2)C1)Cc1ccccc1F.CC(C)(C)OC(=O)N[C@@H](CC(=O)O)Cc1ccccc1F.O=C(N[C@H]1CCNC1)C1CC1.O=C(O)C(F)(F)F. The summed E-state index contributed by atoms with van der Waals surface area (Å²) in [6, 6.07) is 11.5. The predicted molar refractivity (Wildman–Crippen MR) is 319 cm³/mol. The molecule has 3 saturated carbocycles. The number of aliphatic carboxylic acids is 2. The number of halogens is 5. The van der Waals surface area contributed by atoms with E-state index in [4.69, 9.17) is 29.2 Å². The van der Waals surface area contributed by atoms with Crippen LogP contribution in [0.1, 0.15) is 151 Å². The van der Waals surface area contributed by atoms with Gasteiger partial charge in [0.05, 0.1) is 6.42 Å². The summed E-state index contributed by atoms with van der Waals surface area (Å²) in [5.74, 6) is -3.58. The number of hydrogen-bond donors (Lipinski definition) is 8. The summed E-state index contributed by atoms with van der Waals surface area (Å²) >= 11 is 0. The smallest absolute Gasteiger partial charge is 0.481 e. The lowest BCUT2D eigenvalue weighted by atomic mass is 10.0. The Kier molecular flexibility index (Phi) is 29.5. The number of rotatable bonds is 16. The number of carboxylic acid groups (broad SMARTS) is 2. The average Bonchev–Trinajstić information content (AvgIpc) is 4.42. The Balaban J connectivity index is 0.000000312. The van der Waals surface area contributed by atoms with Crippen LogP contribution in [0, 0.1) is 29.4 Å². The zero-order chi connectivity index (χ0) is 65.7. The fraction of sp³-hybridized carbons (Fsp3) is 0.661. The molecule has 3 aliphatic heterocycles. The van der Waals surface area contributed by atoms with E-state index in [-0.39, 0.29) is 92.6 Å². The van der Waals surface area contributed by atoms with Gasteiger partial charge in [0.1, 0.15) is 28.4 Å². The molecule has 5 atom stereocenters. The maximum atomic E-state index is 14.2. The highest BCUT2D eigenvalue weighted by Gasteiger charge is 2.39. The maximum absolute atomic E-state index is 14.2. The van der Waals surface area contributed by atoms with Crippen LogP contribution in [0.3, 0.4) is 0 Å². The Hall–Kier alpha value is -7.32. The Morgan fingerprint density at radius 3 is 1.27 bits per heavy atom. The number of benzene rings is 2. The topological polar surface area (TPSA) is 300 Å². The summed E-state index contributed by atoms with van der Waals surface area (Å²) in [7, 11) is 0. The van der Waals surface area contributed by atoms with Crippen molar-refractivity contribution in [3.63, 3.8) is 0 Å². The summed E-state index contributed by atoms with van der Waals surface area (Å²) in [6.07, 6.45) is 1.97. The van der Waals surface area contributed by atoms with Crippen LogP contribution < -0.4 is 31.9 Å². The van der Waals surface area contributed by atoms with E-state index < -0.39 is 65.0 Å². The molecule has 3 heterocycles. The van der Waals surface area contributed by atoms with Crippen molar-refractivity contribution in [3.05, 3.63) is 71.3 Å². The van der Waals surface area contributed by atoms with Crippen LogP contribution in [0.4, 0.5) is 36.3 Å². The highest BCUT2D eigenvalue weighted by molar-refractivity contribution is 5.83. The molecule has 0 aromatic heterocycles. The first-order valence-electron chi connectivity index (χ1n) is 29.8. The first-order valence-corrected chi connectivity index (χ1v) is 29.8. The number of carbonyl (C=O) groups is 9. The average molecular weight is 1270 g/mol. The molecule has 0 unspecified atom stereocenters. The van der Waals surface area contributed by atoms with Crippen molar-refractivity contribution in [2.45, 2.75) is 206 Å². The van der Waals surface area contributed by atoms with Crippen LogP contribution in [0.5, 0.6) is 0 Å². The molecule has 3 aliphatic carbocycles. The van der Waals surface area contributed by atoms with Crippen molar-refractivity contribution in [3.8, 4) is 0 Å². The summed E-state index contributed by atoms with van der Waals surface area (Å²) in [5, 5.41) is 33.5. The third-order valence-corrected chi connectivity index (χ3v) is 13.7. The maximum Gasteiger partial charge on any atom is 0.490 e. The van der Waals surface area contributed by atoms with Crippen LogP contribution in [0.25, 0.3) is 0 Å². The second kappa shape index (κ2) is 34.6. The molecule has 0 radical (unpaired) electrons. The van der Waals surface area contributed by atoms with Crippen molar-refractivity contribution in [2.24, 2.45) is 17.8 Å². The van der Waals surface area contributed by atoms with Crippen LogP contribution in [0.2, 0.25) is 0 Å². The normalized spacial score (nSPS) is 19.3. The number of amides is 7. The van der Waals surface area contributed by atoms with Gasteiger partial charge in [-0.2, -0.15) is 13.2 Å². The number of alkyl halides is 3. The van der Waals surface area contributed by atoms with Gasteiger partial charge >= 0.3 is 36.4 Å². The van der Waals surface area contributed by atoms with E-state index >= 15 is 0 Å². The first-order chi connectivity index (χ1) is 40.9. The molecule has 89 heavy (non-hydrogen) atoms. The Morgan fingerprint density at radius 2 is 0.921 bits per heavy atom. The fourth-order valence-electron chi connectivity index (χ4n) is 8.95. The van der Waals surface area contributed by atoms with Gasteiger partial charge in [-0.25, -0.2) is 28.0 Å². The van der Waals surface area contributed by atoms with E-state index in [1.54, 1.807) is 87.7 Å². The van der Waals surface area contributed by atoms with E-state index in [9.17, 15) is 60.3 Å². The second-order valence-electron chi connectivity index (χ2n) is 25.7. The van der Waals surface area contributed by atoms with Gasteiger partial charge < -0.3 is 66.1 Å². The number of carbonyl (C=O) groups excluding carboxylic acids is 7. The van der Waals surface area contributed by atoms with Crippen LogP contribution in [0.15, 0.2) is 48.5 Å². The minimum Gasteiger partial charge on any atom is -0.481 e. The van der Waals surface area contributed by atoms with E-state index in [0.29, 0.717) is 55.7 Å². The van der Waals surface area contributed by atoms with Gasteiger partial charge in [-0.3, -0.25) is 24.0 Å². The molecular formula is C62H93F5N8O14. The number of alkyl carbamates (subject to hydrolysis) is 2. The van der Waals surface area contributed by atoms with Gasteiger partial charge in [0.2, 0.25) is 23.6 Å². The van der Waals surface area contributed by atoms with E-state index in [1.165, 1.54) is 12.1 Å². The molecule has 0 bridgehead atoms. The number of hydrogen-bond acceptors (Lipinski definition) is 13. The first kappa shape index (κ1) is 75.9. The van der Waals surface area contributed by atoms with Gasteiger partial charge in [-0.05, 0) is 163 Å².